The fourth-order valence-corrected chi connectivity index (χ4v) is 3.86. The predicted octanol–water partition coefficient (Wildman–Crippen LogP) is 5.55. The first-order valence-electron chi connectivity index (χ1n) is 9.03. The number of halogens is 1. The fraction of sp³-hybridized carbons (Fsp3) is 0.182. The molecule has 0 bridgehead atoms. The minimum absolute atomic E-state index is 0.0236. The van der Waals surface area contributed by atoms with Crippen LogP contribution in [0, 0.1) is 0 Å². The lowest BCUT2D eigenvalue weighted by Gasteiger charge is -2.08. The molecule has 0 aliphatic carbocycles. The summed E-state index contributed by atoms with van der Waals surface area (Å²) in [6.45, 7) is 1.88. The normalized spacial score (nSPS) is 16.3. The molecule has 1 aliphatic heterocycles. The van der Waals surface area contributed by atoms with E-state index in [9.17, 15) is 9.90 Å². The number of nitrogens with zero attached hydrogens (tertiary/aromatic N) is 1. The topological polar surface area (TPSA) is 77.4 Å². The standard InChI is InChI=1S/C22H20ClNO5S/c1-4-29-22(26)19-20(25)18(11-13-5-10-16(27-2)12-17(13)28-3)30-21(19)24-15-8-6-14(23)7-9-15/h5-12,25H,4H2,1-3H3. The Labute approximate surface area is 183 Å². The highest BCUT2D eigenvalue weighted by atomic mass is 35.5. The Balaban J connectivity index is 2.05. The van der Waals surface area contributed by atoms with Crippen molar-refractivity contribution in [3.05, 3.63) is 69.3 Å². The van der Waals surface area contributed by atoms with Crippen molar-refractivity contribution in [1.82, 2.24) is 0 Å². The molecule has 0 atom stereocenters. The first-order valence-corrected chi connectivity index (χ1v) is 10.2. The molecule has 2 aromatic carbocycles. The van der Waals surface area contributed by atoms with E-state index in [0.717, 1.165) is 0 Å². The van der Waals surface area contributed by atoms with E-state index in [1.165, 1.54) is 11.8 Å². The lowest BCUT2D eigenvalue weighted by atomic mass is 10.1. The number of benzene rings is 2. The van der Waals surface area contributed by atoms with Crippen LogP contribution in [0.2, 0.25) is 5.02 Å². The van der Waals surface area contributed by atoms with Gasteiger partial charge in [0.2, 0.25) is 0 Å². The third kappa shape index (κ3) is 4.80. The van der Waals surface area contributed by atoms with Gasteiger partial charge in [0.15, 0.2) is 0 Å². The summed E-state index contributed by atoms with van der Waals surface area (Å²) in [6.07, 6.45) is 1.72. The number of ether oxygens (including phenoxy) is 3. The van der Waals surface area contributed by atoms with Crippen LogP contribution >= 0.6 is 23.4 Å². The average molecular weight is 446 g/mol. The highest BCUT2D eigenvalue weighted by Crippen LogP contribution is 2.41. The van der Waals surface area contributed by atoms with Gasteiger partial charge in [-0.25, -0.2) is 9.79 Å². The van der Waals surface area contributed by atoms with Crippen molar-refractivity contribution in [3.63, 3.8) is 0 Å². The van der Waals surface area contributed by atoms with Crippen LogP contribution in [-0.4, -0.2) is 36.9 Å². The second kappa shape index (κ2) is 9.73. The molecule has 156 valence electrons. The van der Waals surface area contributed by atoms with E-state index in [-0.39, 0.29) is 17.9 Å². The van der Waals surface area contributed by atoms with Crippen molar-refractivity contribution >= 4 is 46.1 Å². The predicted molar refractivity (Wildman–Crippen MR) is 120 cm³/mol. The molecular formula is C22H20ClNO5S. The lowest BCUT2D eigenvalue weighted by Crippen LogP contribution is -2.12. The van der Waals surface area contributed by atoms with Crippen LogP contribution < -0.4 is 9.47 Å². The van der Waals surface area contributed by atoms with Crippen molar-refractivity contribution in [2.45, 2.75) is 6.92 Å². The van der Waals surface area contributed by atoms with Gasteiger partial charge in [0, 0.05) is 16.7 Å². The molecular weight excluding hydrogens is 426 g/mol. The molecule has 6 nitrogen and oxygen atoms in total. The van der Waals surface area contributed by atoms with Gasteiger partial charge in [-0.15, -0.1) is 0 Å². The molecule has 0 fully saturated rings. The quantitative estimate of drug-likeness (QED) is 0.587. The van der Waals surface area contributed by atoms with Crippen LogP contribution in [0.1, 0.15) is 12.5 Å². The molecule has 0 spiro atoms. The largest absolute Gasteiger partial charge is 0.506 e. The van der Waals surface area contributed by atoms with Crippen molar-refractivity contribution in [2.24, 2.45) is 4.99 Å². The van der Waals surface area contributed by atoms with E-state index < -0.39 is 5.97 Å². The molecule has 0 radical (unpaired) electrons. The third-order valence-electron chi connectivity index (χ3n) is 4.15. The summed E-state index contributed by atoms with van der Waals surface area (Å²) in [6, 6.07) is 12.2. The van der Waals surface area contributed by atoms with Gasteiger partial charge < -0.3 is 19.3 Å². The van der Waals surface area contributed by atoms with Gasteiger partial charge in [-0.1, -0.05) is 23.4 Å². The van der Waals surface area contributed by atoms with E-state index in [4.69, 9.17) is 25.8 Å². The van der Waals surface area contributed by atoms with E-state index >= 15 is 0 Å². The summed E-state index contributed by atoms with van der Waals surface area (Å²) in [5, 5.41) is 11.7. The molecule has 0 aromatic heterocycles. The zero-order chi connectivity index (χ0) is 21.7. The Bertz CT molecular complexity index is 1040. The van der Waals surface area contributed by atoms with Crippen molar-refractivity contribution in [2.75, 3.05) is 20.8 Å². The lowest BCUT2D eigenvalue weighted by molar-refractivity contribution is -0.138. The van der Waals surface area contributed by atoms with Crippen LogP contribution in [0.25, 0.3) is 6.08 Å². The first kappa shape index (κ1) is 21.8. The molecule has 0 unspecified atom stereocenters. The summed E-state index contributed by atoms with van der Waals surface area (Å²) in [5.74, 6) is 0.380. The van der Waals surface area contributed by atoms with Crippen molar-refractivity contribution in [3.8, 4) is 11.5 Å². The maximum atomic E-state index is 12.5. The van der Waals surface area contributed by atoms with Crippen LogP contribution in [0.15, 0.2) is 63.7 Å². The Morgan fingerprint density at radius 1 is 1.17 bits per heavy atom. The van der Waals surface area contributed by atoms with Gasteiger partial charge in [0.05, 0.1) is 31.4 Å². The number of thioether (sulfide) groups is 1. The van der Waals surface area contributed by atoms with E-state index in [0.29, 0.717) is 37.7 Å². The Morgan fingerprint density at radius 2 is 1.90 bits per heavy atom. The summed E-state index contributed by atoms with van der Waals surface area (Å²) in [5.41, 5.74) is 1.33. The van der Waals surface area contributed by atoms with Crippen LogP contribution in [-0.2, 0) is 9.53 Å². The number of hydrogen-bond acceptors (Lipinski definition) is 7. The van der Waals surface area contributed by atoms with Gasteiger partial charge in [-0.05, 0) is 49.4 Å². The molecule has 0 saturated heterocycles. The SMILES string of the molecule is CCOC(=O)C1=C(O)C(=Cc2ccc(OC)cc2OC)SC1=Nc1ccc(Cl)cc1. The van der Waals surface area contributed by atoms with Gasteiger partial charge in [0.25, 0.3) is 0 Å². The number of aliphatic hydroxyl groups excluding tert-OH is 1. The molecule has 1 N–H and O–H groups in total. The monoisotopic (exact) mass is 445 g/mol. The zero-order valence-corrected chi connectivity index (χ0v) is 18.2. The third-order valence-corrected chi connectivity index (χ3v) is 5.43. The zero-order valence-electron chi connectivity index (χ0n) is 16.6. The summed E-state index contributed by atoms with van der Waals surface area (Å²) in [7, 11) is 3.12. The van der Waals surface area contributed by atoms with E-state index in [1.807, 2.05) is 0 Å². The second-order valence-corrected chi connectivity index (χ2v) is 7.52. The summed E-state index contributed by atoms with van der Waals surface area (Å²) >= 11 is 7.10. The summed E-state index contributed by atoms with van der Waals surface area (Å²) < 4.78 is 15.7. The first-order chi connectivity index (χ1) is 14.5. The fourth-order valence-electron chi connectivity index (χ4n) is 2.70. The number of carbonyl (C=O) groups excluding carboxylic acids is 1. The number of aliphatic hydroxyl groups is 1. The molecule has 2 aromatic rings. The van der Waals surface area contributed by atoms with Crippen molar-refractivity contribution < 1.29 is 24.1 Å². The van der Waals surface area contributed by atoms with E-state index in [1.54, 1.807) is 69.7 Å². The van der Waals surface area contributed by atoms with Gasteiger partial charge in [-0.2, -0.15) is 0 Å². The number of carbonyl (C=O) groups is 1. The van der Waals surface area contributed by atoms with Gasteiger partial charge in [-0.3, -0.25) is 0 Å². The van der Waals surface area contributed by atoms with Gasteiger partial charge in [0.1, 0.15) is 27.9 Å². The molecule has 8 heteroatoms. The molecule has 30 heavy (non-hydrogen) atoms. The van der Waals surface area contributed by atoms with Crippen LogP contribution in [0.4, 0.5) is 5.69 Å². The number of methoxy groups -OCH3 is 2. The van der Waals surface area contributed by atoms with Gasteiger partial charge >= 0.3 is 5.97 Å². The number of hydrogen-bond donors (Lipinski definition) is 1. The van der Waals surface area contributed by atoms with Crippen LogP contribution in [0.5, 0.6) is 11.5 Å². The van der Waals surface area contributed by atoms with Crippen molar-refractivity contribution in [1.29, 1.82) is 0 Å². The van der Waals surface area contributed by atoms with E-state index in [2.05, 4.69) is 4.99 Å². The molecule has 0 amide bonds. The minimum atomic E-state index is -0.639. The highest BCUT2D eigenvalue weighted by Gasteiger charge is 2.33. The number of aliphatic imine (C=N–C) groups is 1. The number of rotatable bonds is 6. The summed E-state index contributed by atoms with van der Waals surface area (Å²) in [4.78, 5) is 17.5. The molecule has 3 rings (SSSR count). The number of esters is 1. The Morgan fingerprint density at radius 3 is 2.53 bits per heavy atom. The van der Waals surface area contributed by atoms with Crippen LogP contribution in [0.3, 0.4) is 0 Å². The highest BCUT2D eigenvalue weighted by molar-refractivity contribution is 8.18. The maximum Gasteiger partial charge on any atom is 0.344 e. The second-order valence-electron chi connectivity index (χ2n) is 6.06. The Kier molecular flexibility index (Phi) is 7.07. The maximum absolute atomic E-state index is 12.5. The minimum Gasteiger partial charge on any atom is -0.506 e. The smallest absolute Gasteiger partial charge is 0.344 e. The molecule has 1 aliphatic rings. The Hall–Kier alpha value is -2.90. The average Bonchev–Trinajstić information content (AvgIpc) is 3.05. The molecule has 1 heterocycles. The molecule has 0 saturated carbocycles.